The van der Waals surface area contributed by atoms with E-state index in [0.717, 1.165) is 29.7 Å². The largest absolute Gasteiger partial charge is 0.325 e. The van der Waals surface area contributed by atoms with E-state index in [9.17, 15) is 0 Å². The van der Waals surface area contributed by atoms with E-state index in [-0.39, 0.29) is 0 Å². The Hall–Kier alpha value is -3.20. The number of benzene rings is 3. The highest BCUT2D eigenvalue weighted by atomic mass is 15.2. The molecule has 3 nitrogen and oxygen atoms in total. The number of hydrogen-bond acceptors (Lipinski definition) is 3. The van der Waals surface area contributed by atoms with Crippen LogP contribution in [0.1, 0.15) is 11.1 Å². The molecular formula is C23H19N3. The fourth-order valence-corrected chi connectivity index (χ4v) is 3.83. The van der Waals surface area contributed by atoms with Gasteiger partial charge in [-0.2, -0.15) is 0 Å². The Morgan fingerprint density at radius 2 is 1.73 bits per heavy atom. The summed E-state index contributed by atoms with van der Waals surface area (Å²) in [7, 11) is 0. The van der Waals surface area contributed by atoms with Crippen molar-refractivity contribution in [2.75, 3.05) is 11.4 Å². The summed E-state index contributed by atoms with van der Waals surface area (Å²) in [5.74, 6) is 0.998. The Morgan fingerprint density at radius 1 is 0.846 bits per heavy atom. The summed E-state index contributed by atoms with van der Waals surface area (Å²) in [5, 5.41) is 1.10. The van der Waals surface area contributed by atoms with E-state index in [4.69, 9.17) is 0 Å². The minimum atomic E-state index is 0.952. The molecule has 2 heterocycles. The predicted molar refractivity (Wildman–Crippen MR) is 107 cm³/mol. The molecule has 0 atom stereocenters. The first-order chi connectivity index (χ1) is 12.8. The van der Waals surface area contributed by atoms with Gasteiger partial charge >= 0.3 is 0 Å². The van der Waals surface area contributed by atoms with Crippen LogP contribution in [-0.2, 0) is 6.42 Å². The van der Waals surface area contributed by atoms with E-state index in [0.29, 0.717) is 0 Å². The molecule has 0 spiro atoms. The molecule has 0 saturated heterocycles. The minimum absolute atomic E-state index is 0.952. The van der Waals surface area contributed by atoms with Crippen LogP contribution in [0.3, 0.4) is 0 Å². The van der Waals surface area contributed by atoms with E-state index in [1.807, 2.05) is 18.2 Å². The second kappa shape index (κ2) is 5.95. The molecule has 3 aromatic carbocycles. The zero-order chi connectivity index (χ0) is 17.5. The van der Waals surface area contributed by atoms with Gasteiger partial charge in [0, 0.05) is 17.6 Å². The van der Waals surface area contributed by atoms with Crippen LogP contribution in [-0.4, -0.2) is 16.5 Å². The highest BCUT2D eigenvalue weighted by Gasteiger charge is 2.23. The monoisotopic (exact) mass is 337 g/mol. The SMILES string of the molecule is Cc1cccc(-c2ccc3c(c2)CCN3c2ncnc3ccccc23)c1. The fraction of sp³-hybridized carbons (Fsp3) is 0.130. The highest BCUT2D eigenvalue weighted by molar-refractivity contribution is 5.92. The zero-order valence-electron chi connectivity index (χ0n) is 14.7. The number of anilines is 2. The predicted octanol–water partition coefficient (Wildman–Crippen LogP) is 5.30. The number of hydrogen-bond donors (Lipinski definition) is 0. The lowest BCUT2D eigenvalue weighted by molar-refractivity contribution is 0.975. The molecule has 0 amide bonds. The molecule has 5 rings (SSSR count). The maximum Gasteiger partial charge on any atom is 0.144 e. The molecule has 0 bridgehead atoms. The average molecular weight is 337 g/mol. The van der Waals surface area contributed by atoms with E-state index < -0.39 is 0 Å². The Kier molecular flexibility index (Phi) is 3.45. The standard InChI is InChI=1S/C23H19N3/c1-16-5-4-6-17(13-16)18-9-10-22-19(14-18)11-12-26(22)23-20-7-2-3-8-21(20)24-15-25-23/h2-10,13-15H,11-12H2,1H3. The van der Waals surface area contributed by atoms with Crippen molar-refractivity contribution in [3.05, 3.63) is 84.2 Å². The normalized spacial score (nSPS) is 13.2. The summed E-state index contributed by atoms with van der Waals surface area (Å²) in [6.45, 7) is 3.09. The molecule has 0 fully saturated rings. The number of fused-ring (bicyclic) bond motifs is 2. The van der Waals surface area contributed by atoms with Crippen LogP contribution >= 0.6 is 0 Å². The van der Waals surface area contributed by atoms with Gasteiger partial charge in [-0.1, -0.05) is 48.0 Å². The van der Waals surface area contributed by atoms with Crippen molar-refractivity contribution in [3.8, 4) is 11.1 Å². The first-order valence-electron chi connectivity index (χ1n) is 8.97. The van der Waals surface area contributed by atoms with Gasteiger partial charge in [0.2, 0.25) is 0 Å². The van der Waals surface area contributed by atoms with Gasteiger partial charge in [-0.3, -0.25) is 0 Å². The maximum absolute atomic E-state index is 4.59. The molecule has 4 aromatic rings. The Bertz CT molecular complexity index is 1110. The topological polar surface area (TPSA) is 29.0 Å². The first-order valence-corrected chi connectivity index (χ1v) is 8.97. The lowest BCUT2D eigenvalue weighted by Crippen LogP contribution is -2.15. The maximum atomic E-state index is 4.59. The summed E-state index contributed by atoms with van der Waals surface area (Å²) < 4.78 is 0. The van der Waals surface area contributed by atoms with Gasteiger partial charge in [-0.15, -0.1) is 0 Å². The van der Waals surface area contributed by atoms with E-state index in [1.165, 1.54) is 27.9 Å². The highest BCUT2D eigenvalue weighted by Crippen LogP contribution is 2.38. The molecule has 0 saturated carbocycles. The summed E-state index contributed by atoms with van der Waals surface area (Å²) in [6.07, 6.45) is 2.70. The minimum Gasteiger partial charge on any atom is -0.325 e. The van der Waals surface area contributed by atoms with Crippen LogP contribution in [0, 0.1) is 6.92 Å². The molecule has 0 aliphatic carbocycles. The van der Waals surface area contributed by atoms with Crippen LogP contribution in [0.15, 0.2) is 73.1 Å². The summed E-state index contributed by atoms with van der Waals surface area (Å²) in [6, 6.07) is 23.7. The van der Waals surface area contributed by atoms with Crippen molar-refractivity contribution < 1.29 is 0 Å². The van der Waals surface area contributed by atoms with Gasteiger partial charge in [0.25, 0.3) is 0 Å². The molecule has 1 aromatic heterocycles. The third kappa shape index (κ3) is 2.44. The molecule has 1 aliphatic heterocycles. The van der Waals surface area contributed by atoms with Crippen molar-refractivity contribution in [2.45, 2.75) is 13.3 Å². The van der Waals surface area contributed by atoms with Crippen LogP contribution in [0.2, 0.25) is 0 Å². The third-order valence-corrected chi connectivity index (χ3v) is 5.10. The zero-order valence-corrected chi connectivity index (χ0v) is 14.7. The second-order valence-electron chi connectivity index (χ2n) is 6.83. The smallest absolute Gasteiger partial charge is 0.144 e. The molecule has 0 unspecified atom stereocenters. The fourth-order valence-electron chi connectivity index (χ4n) is 3.83. The summed E-state index contributed by atoms with van der Waals surface area (Å²) in [4.78, 5) is 11.3. The van der Waals surface area contributed by atoms with Gasteiger partial charge in [0.15, 0.2) is 0 Å². The molecule has 126 valence electrons. The molecule has 26 heavy (non-hydrogen) atoms. The van der Waals surface area contributed by atoms with E-state index in [2.05, 4.69) is 70.3 Å². The van der Waals surface area contributed by atoms with Gasteiger partial charge in [0.05, 0.1) is 5.52 Å². The molecular weight excluding hydrogens is 318 g/mol. The molecule has 3 heteroatoms. The average Bonchev–Trinajstić information content (AvgIpc) is 3.10. The Balaban J connectivity index is 1.58. The molecule has 0 N–H and O–H groups in total. The van der Waals surface area contributed by atoms with Gasteiger partial charge < -0.3 is 4.90 Å². The second-order valence-corrected chi connectivity index (χ2v) is 6.83. The Morgan fingerprint density at radius 3 is 2.65 bits per heavy atom. The molecule has 1 aliphatic rings. The van der Waals surface area contributed by atoms with E-state index in [1.54, 1.807) is 6.33 Å². The van der Waals surface area contributed by atoms with Crippen molar-refractivity contribution in [3.63, 3.8) is 0 Å². The van der Waals surface area contributed by atoms with Crippen molar-refractivity contribution in [2.24, 2.45) is 0 Å². The number of aromatic nitrogens is 2. The number of nitrogens with zero attached hydrogens (tertiary/aromatic N) is 3. The third-order valence-electron chi connectivity index (χ3n) is 5.10. The van der Waals surface area contributed by atoms with Crippen LogP contribution in [0.25, 0.3) is 22.0 Å². The van der Waals surface area contributed by atoms with Gasteiger partial charge in [-0.25, -0.2) is 9.97 Å². The van der Waals surface area contributed by atoms with Crippen LogP contribution < -0.4 is 4.90 Å². The first kappa shape index (κ1) is 15.1. The van der Waals surface area contributed by atoms with E-state index >= 15 is 0 Å². The Labute approximate surface area is 153 Å². The lowest BCUT2D eigenvalue weighted by atomic mass is 10.0. The quantitative estimate of drug-likeness (QED) is 0.497. The summed E-state index contributed by atoms with van der Waals surface area (Å²) >= 11 is 0. The number of aryl methyl sites for hydroxylation is 1. The van der Waals surface area contributed by atoms with Crippen molar-refractivity contribution in [1.29, 1.82) is 0 Å². The number of para-hydroxylation sites is 1. The summed E-state index contributed by atoms with van der Waals surface area (Å²) in [5.41, 5.74) is 7.47. The van der Waals surface area contributed by atoms with Crippen LogP contribution in [0.5, 0.6) is 0 Å². The van der Waals surface area contributed by atoms with Crippen molar-refractivity contribution >= 4 is 22.4 Å². The van der Waals surface area contributed by atoms with Gasteiger partial charge in [-0.05, 0) is 54.3 Å². The van der Waals surface area contributed by atoms with Crippen LogP contribution in [0.4, 0.5) is 11.5 Å². The van der Waals surface area contributed by atoms with Crippen molar-refractivity contribution in [1.82, 2.24) is 9.97 Å². The van der Waals surface area contributed by atoms with Gasteiger partial charge in [0.1, 0.15) is 12.1 Å². The number of rotatable bonds is 2. The molecule has 0 radical (unpaired) electrons. The lowest BCUT2D eigenvalue weighted by Gasteiger charge is -2.20.